The van der Waals surface area contributed by atoms with Crippen LogP contribution in [-0.4, -0.2) is 50.5 Å². The number of nitrogens with zero attached hydrogens (tertiary/aromatic N) is 4. The fraction of sp³-hybridized carbons (Fsp3) is 0.450. The summed E-state index contributed by atoms with van der Waals surface area (Å²) in [5, 5.41) is 4.52. The summed E-state index contributed by atoms with van der Waals surface area (Å²) in [6.07, 6.45) is 0.858. The van der Waals surface area contributed by atoms with Crippen molar-refractivity contribution in [3.63, 3.8) is 0 Å². The zero-order valence-corrected chi connectivity index (χ0v) is 15.9. The molecular formula is C20H26N4O2. The SMILES string of the molecule is CCCN1CC(=O)N(Cc2cccc(-n3nc(C)cc3C)c2)[C@@H](C)C1=O. The molecule has 0 radical (unpaired) electrons. The van der Waals surface area contributed by atoms with Crippen molar-refractivity contribution in [3.8, 4) is 5.69 Å². The Labute approximate surface area is 154 Å². The highest BCUT2D eigenvalue weighted by atomic mass is 16.2. The second-order valence-electron chi connectivity index (χ2n) is 6.97. The van der Waals surface area contributed by atoms with Crippen molar-refractivity contribution in [1.29, 1.82) is 0 Å². The van der Waals surface area contributed by atoms with E-state index in [4.69, 9.17) is 0 Å². The molecule has 1 aliphatic rings. The van der Waals surface area contributed by atoms with E-state index in [0.717, 1.165) is 29.1 Å². The van der Waals surface area contributed by atoms with Crippen LogP contribution >= 0.6 is 0 Å². The lowest BCUT2D eigenvalue weighted by molar-refractivity contribution is -0.155. The molecule has 0 N–H and O–H groups in total. The molecule has 26 heavy (non-hydrogen) atoms. The molecule has 1 atom stereocenters. The molecule has 2 heterocycles. The van der Waals surface area contributed by atoms with Crippen molar-refractivity contribution in [1.82, 2.24) is 19.6 Å². The van der Waals surface area contributed by atoms with Crippen molar-refractivity contribution >= 4 is 11.8 Å². The van der Waals surface area contributed by atoms with Gasteiger partial charge in [-0.25, -0.2) is 4.68 Å². The molecule has 6 heteroatoms. The molecule has 0 unspecified atom stereocenters. The first-order chi connectivity index (χ1) is 12.4. The summed E-state index contributed by atoms with van der Waals surface area (Å²) in [4.78, 5) is 28.4. The highest BCUT2D eigenvalue weighted by Crippen LogP contribution is 2.19. The summed E-state index contributed by atoms with van der Waals surface area (Å²) in [6.45, 7) is 9.05. The van der Waals surface area contributed by atoms with Crippen LogP contribution in [0.15, 0.2) is 30.3 Å². The Morgan fingerprint density at radius 3 is 2.62 bits per heavy atom. The Bertz CT molecular complexity index is 827. The van der Waals surface area contributed by atoms with Crippen LogP contribution in [0.3, 0.4) is 0 Å². The molecule has 0 bridgehead atoms. The molecule has 0 saturated carbocycles. The van der Waals surface area contributed by atoms with Crippen LogP contribution in [0.5, 0.6) is 0 Å². The van der Waals surface area contributed by atoms with Gasteiger partial charge in [0.2, 0.25) is 11.8 Å². The summed E-state index contributed by atoms with van der Waals surface area (Å²) >= 11 is 0. The van der Waals surface area contributed by atoms with Gasteiger partial charge >= 0.3 is 0 Å². The third-order valence-corrected chi connectivity index (χ3v) is 4.79. The van der Waals surface area contributed by atoms with Crippen LogP contribution in [0.1, 0.15) is 37.2 Å². The third kappa shape index (κ3) is 3.49. The molecule has 138 valence electrons. The zero-order chi connectivity index (χ0) is 18.8. The van der Waals surface area contributed by atoms with Gasteiger partial charge < -0.3 is 9.80 Å². The quantitative estimate of drug-likeness (QED) is 0.829. The molecule has 1 aliphatic heterocycles. The number of aromatic nitrogens is 2. The molecule has 2 amide bonds. The van der Waals surface area contributed by atoms with Crippen molar-refractivity contribution in [2.75, 3.05) is 13.1 Å². The number of rotatable bonds is 5. The van der Waals surface area contributed by atoms with E-state index in [1.165, 1.54) is 0 Å². The Morgan fingerprint density at radius 2 is 1.96 bits per heavy atom. The Kier molecular flexibility index (Phi) is 5.11. The first kappa shape index (κ1) is 18.2. The number of benzene rings is 1. The predicted molar refractivity (Wildman–Crippen MR) is 99.9 cm³/mol. The minimum absolute atomic E-state index is 0.00191. The highest BCUT2D eigenvalue weighted by Gasteiger charge is 2.35. The lowest BCUT2D eigenvalue weighted by Gasteiger charge is -2.38. The van der Waals surface area contributed by atoms with Crippen molar-refractivity contribution in [2.45, 2.75) is 46.7 Å². The van der Waals surface area contributed by atoms with E-state index in [1.807, 2.05) is 62.7 Å². The molecule has 0 spiro atoms. The van der Waals surface area contributed by atoms with E-state index in [1.54, 1.807) is 9.80 Å². The van der Waals surface area contributed by atoms with Gasteiger partial charge in [0, 0.05) is 18.8 Å². The van der Waals surface area contributed by atoms with Gasteiger partial charge in [-0.05, 0) is 51.0 Å². The first-order valence-electron chi connectivity index (χ1n) is 9.11. The Morgan fingerprint density at radius 1 is 1.19 bits per heavy atom. The fourth-order valence-corrected chi connectivity index (χ4v) is 3.50. The van der Waals surface area contributed by atoms with Crippen LogP contribution in [0, 0.1) is 13.8 Å². The second-order valence-corrected chi connectivity index (χ2v) is 6.97. The van der Waals surface area contributed by atoms with Crippen LogP contribution in [0.4, 0.5) is 0 Å². The summed E-state index contributed by atoms with van der Waals surface area (Å²) in [7, 11) is 0. The van der Waals surface area contributed by atoms with Crippen molar-refractivity contribution in [3.05, 3.63) is 47.3 Å². The normalized spacial score (nSPS) is 17.9. The average molecular weight is 354 g/mol. The number of carbonyl (C=O) groups is 2. The molecule has 6 nitrogen and oxygen atoms in total. The lowest BCUT2D eigenvalue weighted by atomic mass is 10.1. The minimum atomic E-state index is -0.430. The van der Waals surface area contributed by atoms with E-state index < -0.39 is 6.04 Å². The monoisotopic (exact) mass is 354 g/mol. The van der Waals surface area contributed by atoms with Gasteiger partial charge in [0.15, 0.2) is 0 Å². The number of amides is 2. The molecule has 2 aromatic rings. The van der Waals surface area contributed by atoms with Gasteiger partial charge in [-0.1, -0.05) is 19.1 Å². The molecule has 0 aliphatic carbocycles. The smallest absolute Gasteiger partial charge is 0.245 e. The molecule has 1 saturated heterocycles. The minimum Gasteiger partial charge on any atom is -0.332 e. The Balaban J connectivity index is 1.81. The maximum absolute atomic E-state index is 12.6. The van der Waals surface area contributed by atoms with Crippen molar-refractivity contribution < 1.29 is 9.59 Å². The van der Waals surface area contributed by atoms with Gasteiger partial charge in [-0.3, -0.25) is 9.59 Å². The number of piperazine rings is 1. The van der Waals surface area contributed by atoms with Gasteiger partial charge in [-0.2, -0.15) is 5.10 Å². The fourth-order valence-electron chi connectivity index (χ4n) is 3.50. The van der Waals surface area contributed by atoms with E-state index in [9.17, 15) is 9.59 Å². The molecular weight excluding hydrogens is 328 g/mol. The van der Waals surface area contributed by atoms with E-state index in [2.05, 4.69) is 5.10 Å². The van der Waals surface area contributed by atoms with Gasteiger partial charge in [-0.15, -0.1) is 0 Å². The third-order valence-electron chi connectivity index (χ3n) is 4.79. The van der Waals surface area contributed by atoms with E-state index >= 15 is 0 Å². The van der Waals surface area contributed by atoms with Crippen LogP contribution in [0.2, 0.25) is 0 Å². The van der Waals surface area contributed by atoms with Gasteiger partial charge in [0.1, 0.15) is 6.04 Å². The maximum atomic E-state index is 12.6. The lowest BCUT2D eigenvalue weighted by Crippen LogP contribution is -2.58. The van der Waals surface area contributed by atoms with Crippen molar-refractivity contribution in [2.24, 2.45) is 0 Å². The number of aryl methyl sites for hydroxylation is 2. The van der Waals surface area contributed by atoms with E-state index in [0.29, 0.717) is 13.1 Å². The highest BCUT2D eigenvalue weighted by molar-refractivity contribution is 5.94. The Hall–Kier alpha value is -2.63. The summed E-state index contributed by atoms with van der Waals surface area (Å²) < 4.78 is 1.90. The second kappa shape index (κ2) is 7.32. The summed E-state index contributed by atoms with van der Waals surface area (Å²) in [5.74, 6) is 0.0308. The molecule has 1 aromatic carbocycles. The molecule has 3 rings (SSSR count). The predicted octanol–water partition coefficient (Wildman–Crippen LogP) is 2.46. The number of hydrogen-bond acceptors (Lipinski definition) is 3. The maximum Gasteiger partial charge on any atom is 0.245 e. The summed E-state index contributed by atoms with van der Waals surface area (Å²) in [5.41, 5.74) is 3.98. The molecule has 1 fully saturated rings. The van der Waals surface area contributed by atoms with Crippen LogP contribution in [-0.2, 0) is 16.1 Å². The van der Waals surface area contributed by atoms with E-state index in [-0.39, 0.29) is 18.4 Å². The topological polar surface area (TPSA) is 58.4 Å². The zero-order valence-electron chi connectivity index (χ0n) is 15.9. The standard InChI is InChI=1S/C20H26N4O2/c1-5-9-22-13-19(25)23(16(4)20(22)26)12-17-7-6-8-18(11-17)24-15(3)10-14(2)21-24/h6-8,10-11,16H,5,9,12-13H2,1-4H3/t16-/m0/s1. The number of hydrogen-bond donors (Lipinski definition) is 0. The average Bonchev–Trinajstić information content (AvgIpc) is 2.95. The van der Waals surface area contributed by atoms with Crippen LogP contribution in [0.25, 0.3) is 5.69 Å². The van der Waals surface area contributed by atoms with Crippen LogP contribution < -0.4 is 0 Å². The summed E-state index contributed by atoms with van der Waals surface area (Å²) in [6, 6.07) is 9.58. The van der Waals surface area contributed by atoms with Gasteiger partial charge in [0.05, 0.1) is 17.9 Å². The molecule has 1 aromatic heterocycles. The first-order valence-corrected chi connectivity index (χ1v) is 9.11. The van der Waals surface area contributed by atoms with Gasteiger partial charge in [0.25, 0.3) is 0 Å². The largest absolute Gasteiger partial charge is 0.332 e. The number of carbonyl (C=O) groups excluding carboxylic acids is 2.